The fraction of sp³-hybridized carbons (Fsp3) is 0.854. The number of carbonyl (C=O) groups excluding carboxylic acids is 1. The largest absolute Gasteiger partial charge is 0.394 e. The van der Waals surface area contributed by atoms with Gasteiger partial charge in [0.25, 0.3) is 0 Å². The molecular weight excluding hydrogens is 655 g/mol. The van der Waals surface area contributed by atoms with Crippen molar-refractivity contribution in [3.8, 4) is 0 Å². The molecule has 0 spiro atoms. The Balaban J connectivity index is 3.65. The van der Waals surface area contributed by atoms with Crippen LogP contribution >= 0.6 is 0 Å². The Morgan fingerprint density at radius 3 is 1.25 bits per heavy atom. The second kappa shape index (κ2) is 43.3. The van der Waals surface area contributed by atoms with E-state index in [9.17, 15) is 20.1 Å². The molecular formula is C48H91NO4. The molecule has 5 nitrogen and oxygen atoms in total. The van der Waals surface area contributed by atoms with Crippen LogP contribution in [0.25, 0.3) is 0 Å². The fourth-order valence-electron chi connectivity index (χ4n) is 7.10. The second-order valence-electron chi connectivity index (χ2n) is 16.0. The molecule has 312 valence electrons. The van der Waals surface area contributed by atoms with Gasteiger partial charge in [0.1, 0.15) is 0 Å². The van der Waals surface area contributed by atoms with Crippen molar-refractivity contribution in [1.29, 1.82) is 0 Å². The molecule has 0 aromatic rings. The lowest BCUT2D eigenvalue weighted by Crippen LogP contribution is -2.45. The third-order valence-electron chi connectivity index (χ3n) is 10.7. The van der Waals surface area contributed by atoms with E-state index in [2.05, 4.69) is 43.5 Å². The molecule has 0 rings (SSSR count). The Hall–Kier alpha value is -1.43. The number of aliphatic hydroxyl groups excluding tert-OH is 3. The van der Waals surface area contributed by atoms with E-state index in [0.717, 1.165) is 25.7 Å². The topological polar surface area (TPSA) is 89.8 Å². The van der Waals surface area contributed by atoms with Gasteiger partial charge in [0, 0.05) is 0 Å². The highest BCUT2D eigenvalue weighted by Gasteiger charge is 2.20. The van der Waals surface area contributed by atoms with Crippen molar-refractivity contribution in [3.05, 3.63) is 36.5 Å². The maximum Gasteiger partial charge on any atom is 0.222 e. The summed E-state index contributed by atoms with van der Waals surface area (Å²) in [5, 5.41) is 33.3. The SMILES string of the molecule is CCCCC/C=C\C=C/CCCCCCCCCCC(O)CC(=O)NC(CO)C(O)/C=C/CCCCCCCCCCCCCCCCCCCCC. The summed E-state index contributed by atoms with van der Waals surface area (Å²) >= 11 is 0. The summed E-state index contributed by atoms with van der Waals surface area (Å²) in [6.07, 6.45) is 54.3. The maximum absolute atomic E-state index is 12.4. The van der Waals surface area contributed by atoms with Gasteiger partial charge in [0.15, 0.2) is 0 Å². The number of aliphatic hydroxyl groups is 3. The third kappa shape index (κ3) is 40.1. The Morgan fingerprint density at radius 2 is 0.830 bits per heavy atom. The molecule has 0 saturated carbocycles. The number of allylic oxidation sites excluding steroid dienone is 5. The van der Waals surface area contributed by atoms with Gasteiger partial charge in [-0.15, -0.1) is 0 Å². The highest BCUT2D eigenvalue weighted by Crippen LogP contribution is 2.16. The summed E-state index contributed by atoms with van der Waals surface area (Å²) in [7, 11) is 0. The third-order valence-corrected chi connectivity index (χ3v) is 10.7. The average Bonchev–Trinajstić information content (AvgIpc) is 3.15. The lowest BCUT2D eigenvalue weighted by molar-refractivity contribution is -0.124. The minimum absolute atomic E-state index is 0.00931. The first kappa shape index (κ1) is 51.6. The molecule has 53 heavy (non-hydrogen) atoms. The van der Waals surface area contributed by atoms with Crippen LogP contribution in [0.5, 0.6) is 0 Å². The molecule has 0 aliphatic carbocycles. The maximum atomic E-state index is 12.4. The Labute approximate surface area is 330 Å². The molecule has 0 aliphatic heterocycles. The van der Waals surface area contributed by atoms with Crippen molar-refractivity contribution in [2.75, 3.05) is 6.61 Å². The van der Waals surface area contributed by atoms with Crippen LogP contribution in [-0.2, 0) is 4.79 Å². The molecule has 5 heteroatoms. The summed E-state index contributed by atoms with van der Waals surface area (Å²) in [6, 6.07) is -0.746. The van der Waals surface area contributed by atoms with E-state index in [1.54, 1.807) is 6.08 Å². The van der Waals surface area contributed by atoms with Gasteiger partial charge >= 0.3 is 0 Å². The number of hydrogen-bond donors (Lipinski definition) is 4. The van der Waals surface area contributed by atoms with Gasteiger partial charge in [0.2, 0.25) is 5.91 Å². The molecule has 0 aliphatic rings. The number of unbranched alkanes of at least 4 members (excludes halogenated alkanes) is 30. The molecule has 0 saturated heterocycles. The summed E-state index contributed by atoms with van der Waals surface area (Å²) in [4.78, 5) is 12.4. The molecule has 0 aromatic heterocycles. The zero-order valence-electron chi connectivity index (χ0n) is 35.4. The van der Waals surface area contributed by atoms with Crippen molar-refractivity contribution in [2.45, 2.75) is 257 Å². The second-order valence-corrected chi connectivity index (χ2v) is 16.0. The first-order valence-corrected chi connectivity index (χ1v) is 23.3. The lowest BCUT2D eigenvalue weighted by Gasteiger charge is -2.21. The van der Waals surface area contributed by atoms with E-state index in [0.29, 0.717) is 6.42 Å². The van der Waals surface area contributed by atoms with Crippen molar-refractivity contribution >= 4 is 5.91 Å². The number of hydrogen-bond acceptors (Lipinski definition) is 4. The van der Waals surface area contributed by atoms with Gasteiger partial charge in [0.05, 0.1) is 31.3 Å². The fourth-order valence-corrected chi connectivity index (χ4v) is 7.10. The normalized spacial score (nSPS) is 13.8. The monoisotopic (exact) mass is 746 g/mol. The summed E-state index contributed by atoms with van der Waals surface area (Å²) in [6.45, 7) is 4.19. The first-order valence-electron chi connectivity index (χ1n) is 23.3. The Kier molecular flexibility index (Phi) is 42.1. The van der Waals surface area contributed by atoms with Crippen LogP contribution < -0.4 is 5.32 Å². The van der Waals surface area contributed by atoms with Gasteiger partial charge in [-0.3, -0.25) is 4.79 Å². The molecule has 0 heterocycles. The van der Waals surface area contributed by atoms with E-state index < -0.39 is 18.2 Å². The van der Waals surface area contributed by atoms with Crippen molar-refractivity contribution in [3.63, 3.8) is 0 Å². The van der Waals surface area contributed by atoms with Gasteiger partial charge in [-0.2, -0.15) is 0 Å². The zero-order valence-corrected chi connectivity index (χ0v) is 35.4. The summed E-state index contributed by atoms with van der Waals surface area (Å²) in [5.41, 5.74) is 0. The van der Waals surface area contributed by atoms with E-state index in [-0.39, 0.29) is 18.9 Å². The van der Waals surface area contributed by atoms with Gasteiger partial charge in [-0.1, -0.05) is 224 Å². The number of nitrogens with one attached hydrogen (secondary N) is 1. The van der Waals surface area contributed by atoms with E-state index in [1.165, 1.54) is 186 Å². The predicted molar refractivity (Wildman–Crippen MR) is 231 cm³/mol. The van der Waals surface area contributed by atoms with Crippen LogP contribution in [0.15, 0.2) is 36.5 Å². The quantitative estimate of drug-likeness (QED) is 0.0284. The minimum atomic E-state index is -0.930. The first-order chi connectivity index (χ1) is 26.0. The van der Waals surface area contributed by atoms with Crippen LogP contribution in [-0.4, -0.2) is 46.1 Å². The predicted octanol–water partition coefficient (Wildman–Crippen LogP) is 13.5. The summed E-state index contributed by atoms with van der Waals surface area (Å²) in [5.74, 6) is -0.319. The van der Waals surface area contributed by atoms with E-state index >= 15 is 0 Å². The van der Waals surface area contributed by atoms with Crippen molar-refractivity contribution in [2.24, 2.45) is 0 Å². The van der Waals surface area contributed by atoms with Crippen LogP contribution in [0.4, 0.5) is 0 Å². The van der Waals surface area contributed by atoms with Crippen LogP contribution in [0.2, 0.25) is 0 Å². The molecule has 0 radical (unpaired) electrons. The molecule has 0 aromatic carbocycles. The number of rotatable bonds is 42. The standard InChI is InChI=1S/C48H91NO4/c1-3-5-7-9-11-13-15-17-19-21-22-23-24-26-28-30-32-34-36-38-40-42-47(52)46(44-50)49-48(53)43-45(51)41-39-37-35-33-31-29-27-25-20-18-16-14-12-10-8-6-4-2/h12,14,16,18,40,42,45-47,50-52H,3-11,13,15,17,19-39,41,43-44H2,1-2H3,(H,49,53)/b14-12-,18-16-,42-40+. The molecule has 0 bridgehead atoms. The molecule has 3 atom stereocenters. The van der Waals surface area contributed by atoms with Gasteiger partial charge in [-0.05, 0) is 44.9 Å². The van der Waals surface area contributed by atoms with Crippen molar-refractivity contribution < 1.29 is 20.1 Å². The molecule has 0 fully saturated rings. The van der Waals surface area contributed by atoms with Crippen LogP contribution in [0.3, 0.4) is 0 Å². The lowest BCUT2D eigenvalue weighted by atomic mass is 10.0. The van der Waals surface area contributed by atoms with E-state index in [1.807, 2.05) is 6.08 Å². The number of amides is 1. The average molecular weight is 746 g/mol. The zero-order chi connectivity index (χ0) is 38.7. The van der Waals surface area contributed by atoms with Gasteiger partial charge in [-0.25, -0.2) is 0 Å². The van der Waals surface area contributed by atoms with Crippen LogP contribution in [0, 0.1) is 0 Å². The Bertz CT molecular complexity index is 824. The smallest absolute Gasteiger partial charge is 0.222 e. The van der Waals surface area contributed by atoms with E-state index in [4.69, 9.17) is 0 Å². The summed E-state index contributed by atoms with van der Waals surface area (Å²) < 4.78 is 0. The highest BCUT2D eigenvalue weighted by atomic mass is 16.3. The van der Waals surface area contributed by atoms with Crippen LogP contribution in [0.1, 0.15) is 239 Å². The molecule has 4 N–H and O–H groups in total. The molecule has 3 unspecified atom stereocenters. The minimum Gasteiger partial charge on any atom is -0.394 e. The number of carbonyl (C=O) groups is 1. The Morgan fingerprint density at radius 1 is 0.491 bits per heavy atom. The molecule has 1 amide bonds. The highest BCUT2D eigenvalue weighted by molar-refractivity contribution is 5.76. The van der Waals surface area contributed by atoms with Crippen molar-refractivity contribution in [1.82, 2.24) is 5.32 Å². The van der Waals surface area contributed by atoms with Gasteiger partial charge < -0.3 is 20.6 Å².